The monoisotopic (exact) mass is 367 g/mol. The molecule has 3 heterocycles. The lowest BCUT2D eigenvalue weighted by Crippen LogP contribution is -2.25. The van der Waals surface area contributed by atoms with E-state index >= 15 is 0 Å². The Bertz CT molecular complexity index is 916. The van der Waals surface area contributed by atoms with Crippen LogP contribution in [0.5, 0.6) is 0 Å². The summed E-state index contributed by atoms with van der Waals surface area (Å²) >= 11 is 1.64. The number of hydrogen-bond acceptors (Lipinski definition) is 5. The van der Waals surface area contributed by atoms with E-state index in [-0.39, 0.29) is 5.91 Å². The summed E-state index contributed by atoms with van der Waals surface area (Å²) in [4.78, 5) is 20.8. The van der Waals surface area contributed by atoms with Gasteiger partial charge in [-0.25, -0.2) is 0 Å². The van der Waals surface area contributed by atoms with Gasteiger partial charge in [0.25, 0.3) is 5.91 Å². The molecule has 0 aromatic carbocycles. The molecule has 0 N–H and O–H groups in total. The summed E-state index contributed by atoms with van der Waals surface area (Å²) in [5.41, 5.74) is 2.98. The number of carbonyl (C=O) groups is 1. The number of fused-ring (bicyclic) bond motifs is 1. The summed E-state index contributed by atoms with van der Waals surface area (Å²) in [5.74, 6) is 1.41. The van der Waals surface area contributed by atoms with Gasteiger partial charge < -0.3 is 9.42 Å². The summed E-state index contributed by atoms with van der Waals surface area (Å²) < 4.78 is 5.40. The molecule has 5 nitrogen and oxygen atoms in total. The highest BCUT2D eigenvalue weighted by molar-refractivity contribution is 7.14. The number of pyridine rings is 1. The maximum absolute atomic E-state index is 12.8. The van der Waals surface area contributed by atoms with E-state index in [2.05, 4.69) is 23.1 Å². The molecule has 134 valence electrons. The van der Waals surface area contributed by atoms with Gasteiger partial charge in [0.15, 0.2) is 5.76 Å². The summed E-state index contributed by atoms with van der Waals surface area (Å²) in [6, 6.07) is 7.73. The molecular weight excluding hydrogens is 346 g/mol. The first-order chi connectivity index (χ1) is 12.6. The van der Waals surface area contributed by atoms with E-state index < -0.39 is 0 Å². The molecule has 26 heavy (non-hydrogen) atoms. The molecule has 1 atom stereocenters. The van der Waals surface area contributed by atoms with Crippen LogP contribution in [0.15, 0.2) is 41.2 Å². The third-order valence-corrected chi connectivity index (χ3v) is 6.02. The van der Waals surface area contributed by atoms with Gasteiger partial charge in [-0.15, -0.1) is 11.3 Å². The Labute approximate surface area is 156 Å². The molecule has 0 radical (unpaired) electrons. The highest BCUT2D eigenvalue weighted by atomic mass is 32.1. The molecule has 1 unspecified atom stereocenters. The maximum Gasteiger partial charge on any atom is 0.264 e. The van der Waals surface area contributed by atoms with Crippen molar-refractivity contribution in [3.05, 3.63) is 57.7 Å². The van der Waals surface area contributed by atoms with Crippen LogP contribution in [0.3, 0.4) is 0 Å². The van der Waals surface area contributed by atoms with Gasteiger partial charge in [0.2, 0.25) is 0 Å². The van der Waals surface area contributed by atoms with E-state index in [9.17, 15) is 4.79 Å². The third-order valence-electron chi connectivity index (χ3n) is 4.80. The fourth-order valence-electron chi connectivity index (χ4n) is 3.34. The first kappa shape index (κ1) is 17.0. The van der Waals surface area contributed by atoms with Crippen molar-refractivity contribution in [3.8, 4) is 11.3 Å². The smallest absolute Gasteiger partial charge is 0.264 e. The van der Waals surface area contributed by atoms with E-state index in [0.29, 0.717) is 18.2 Å². The van der Waals surface area contributed by atoms with E-state index in [1.165, 1.54) is 16.9 Å². The van der Waals surface area contributed by atoms with Crippen LogP contribution in [0.1, 0.15) is 39.2 Å². The van der Waals surface area contributed by atoms with Crippen molar-refractivity contribution in [3.63, 3.8) is 0 Å². The van der Waals surface area contributed by atoms with Gasteiger partial charge in [-0.05, 0) is 48.9 Å². The molecule has 0 saturated carbocycles. The number of aromatic nitrogens is 2. The molecule has 3 aromatic heterocycles. The Morgan fingerprint density at radius 1 is 1.42 bits per heavy atom. The average molecular weight is 367 g/mol. The molecule has 0 fully saturated rings. The zero-order valence-corrected chi connectivity index (χ0v) is 15.8. The topological polar surface area (TPSA) is 59.2 Å². The van der Waals surface area contributed by atoms with Gasteiger partial charge in [-0.2, -0.15) is 0 Å². The summed E-state index contributed by atoms with van der Waals surface area (Å²) in [7, 11) is 1.80. The Kier molecular flexibility index (Phi) is 4.59. The quantitative estimate of drug-likeness (QED) is 0.693. The van der Waals surface area contributed by atoms with E-state index in [1.807, 2.05) is 18.2 Å². The molecule has 1 aliphatic carbocycles. The fraction of sp³-hybridized carbons (Fsp3) is 0.350. The lowest BCUT2D eigenvalue weighted by Gasteiger charge is -2.16. The largest absolute Gasteiger partial charge is 0.359 e. The van der Waals surface area contributed by atoms with E-state index in [4.69, 9.17) is 4.52 Å². The van der Waals surface area contributed by atoms with Crippen LogP contribution < -0.4 is 0 Å². The Hall–Kier alpha value is -2.47. The van der Waals surface area contributed by atoms with Crippen LogP contribution >= 0.6 is 11.3 Å². The van der Waals surface area contributed by atoms with Crippen LogP contribution in [0, 0.1) is 5.92 Å². The SMILES string of the molecule is CC1CCc2sc(C(=O)N(C)Cc3cc(-c4cccnc4)no3)cc2C1. The van der Waals surface area contributed by atoms with Crippen molar-refractivity contribution in [2.45, 2.75) is 32.7 Å². The second-order valence-electron chi connectivity index (χ2n) is 6.99. The van der Waals surface area contributed by atoms with Crippen molar-refractivity contribution in [2.75, 3.05) is 7.05 Å². The molecular formula is C20H21N3O2S. The fourth-order valence-corrected chi connectivity index (χ4v) is 4.55. The third kappa shape index (κ3) is 3.42. The van der Waals surface area contributed by atoms with E-state index in [1.54, 1.807) is 35.7 Å². The molecule has 1 aliphatic rings. The number of amides is 1. The van der Waals surface area contributed by atoms with Gasteiger partial charge >= 0.3 is 0 Å². The van der Waals surface area contributed by atoms with Gasteiger partial charge in [-0.1, -0.05) is 12.1 Å². The standard InChI is InChI=1S/C20H21N3O2S/c1-13-5-6-18-15(8-13)9-19(26-18)20(24)23(2)12-16-10-17(22-25-16)14-4-3-7-21-11-14/h3-4,7,9-11,13H,5-6,8,12H2,1-2H3. The predicted octanol–water partition coefficient (Wildman–Crippen LogP) is 4.20. The highest BCUT2D eigenvalue weighted by Gasteiger charge is 2.23. The first-order valence-electron chi connectivity index (χ1n) is 8.83. The van der Waals surface area contributed by atoms with E-state index in [0.717, 1.165) is 29.0 Å². The van der Waals surface area contributed by atoms with Gasteiger partial charge in [0.05, 0.1) is 11.4 Å². The molecule has 0 spiro atoms. The number of thiophene rings is 1. The Morgan fingerprint density at radius 2 is 2.31 bits per heavy atom. The van der Waals surface area contributed by atoms with Gasteiger partial charge in [0.1, 0.15) is 5.69 Å². The minimum atomic E-state index is 0.0383. The molecule has 0 bridgehead atoms. The lowest BCUT2D eigenvalue weighted by molar-refractivity contribution is 0.0777. The zero-order chi connectivity index (χ0) is 18.1. The first-order valence-corrected chi connectivity index (χ1v) is 9.65. The van der Waals surface area contributed by atoms with Crippen molar-refractivity contribution < 1.29 is 9.32 Å². The van der Waals surface area contributed by atoms with Crippen molar-refractivity contribution in [1.82, 2.24) is 15.0 Å². The second-order valence-corrected chi connectivity index (χ2v) is 8.13. The number of nitrogens with zero attached hydrogens (tertiary/aromatic N) is 3. The molecule has 0 saturated heterocycles. The molecule has 3 aromatic rings. The van der Waals surface area contributed by atoms with Crippen LogP contribution in [0.4, 0.5) is 0 Å². The molecule has 6 heteroatoms. The van der Waals surface area contributed by atoms with Crippen LogP contribution in [-0.2, 0) is 19.4 Å². The van der Waals surface area contributed by atoms with Crippen molar-refractivity contribution in [2.24, 2.45) is 5.92 Å². The van der Waals surface area contributed by atoms with Gasteiger partial charge in [0, 0.05) is 35.9 Å². The summed E-state index contributed by atoms with van der Waals surface area (Å²) in [6.45, 7) is 2.67. The molecule has 1 amide bonds. The van der Waals surface area contributed by atoms with Crippen LogP contribution in [0.25, 0.3) is 11.3 Å². The minimum Gasteiger partial charge on any atom is -0.359 e. The predicted molar refractivity (Wildman–Crippen MR) is 101 cm³/mol. The number of rotatable bonds is 4. The maximum atomic E-state index is 12.8. The number of hydrogen-bond donors (Lipinski definition) is 0. The van der Waals surface area contributed by atoms with Crippen molar-refractivity contribution >= 4 is 17.2 Å². The minimum absolute atomic E-state index is 0.0383. The van der Waals surface area contributed by atoms with Crippen LogP contribution in [0.2, 0.25) is 0 Å². The summed E-state index contributed by atoms with van der Waals surface area (Å²) in [6.07, 6.45) is 6.85. The number of carbonyl (C=O) groups excluding carboxylic acids is 1. The Morgan fingerprint density at radius 3 is 3.12 bits per heavy atom. The van der Waals surface area contributed by atoms with Crippen LogP contribution in [-0.4, -0.2) is 28.0 Å². The zero-order valence-electron chi connectivity index (χ0n) is 14.9. The average Bonchev–Trinajstić information content (AvgIpc) is 3.28. The summed E-state index contributed by atoms with van der Waals surface area (Å²) in [5, 5.41) is 4.08. The number of aryl methyl sites for hydroxylation is 1. The normalized spacial score (nSPS) is 16.3. The van der Waals surface area contributed by atoms with Gasteiger partial charge in [-0.3, -0.25) is 9.78 Å². The second kappa shape index (κ2) is 7.03. The lowest BCUT2D eigenvalue weighted by atomic mass is 9.90. The van der Waals surface area contributed by atoms with Crippen molar-refractivity contribution in [1.29, 1.82) is 0 Å². The Balaban J connectivity index is 1.46. The highest BCUT2D eigenvalue weighted by Crippen LogP contribution is 2.32. The molecule has 0 aliphatic heterocycles. The molecule has 4 rings (SSSR count).